The molecule has 26 heavy (non-hydrogen) atoms. The number of rotatable bonds is 3. The minimum absolute atomic E-state index is 0.115. The quantitative estimate of drug-likeness (QED) is 0.836. The molecule has 6 heteroatoms. The number of aryl methyl sites for hydroxylation is 1. The molecule has 1 aromatic heterocycles. The van der Waals surface area contributed by atoms with Gasteiger partial charge in [0.2, 0.25) is 11.8 Å². The highest BCUT2D eigenvalue weighted by Crippen LogP contribution is 2.36. The van der Waals surface area contributed by atoms with Gasteiger partial charge in [-0.2, -0.15) is 0 Å². The molecule has 4 rings (SSSR count). The van der Waals surface area contributed by atoms with E-state index in [2.05, 4.69) is 4.98 Å². The lowest BCUT2D eigenvalue weighted by molar-refractivity contribution is -0.131. The number of benzene rings is 1. The molecule has 2 aliphatic rings. The molecule has 2 aliphatic heterocycles. The van der Waals surface area contributed by atoms with E-state index in [-0.39, 0.29) is 17.3 Å². The Labute approximate surface area is 152 Å². The molecule has 2 aromatic rings. The Bertz CT molecular complexity index is 811. The van der Waals surface area contributed by atoms with Gasteiger partial charge in [0.15, 0.2) is 0 Å². The summed E-state index contributed by atoms with van der Waals surface area (Å²) in [6, 6.07) is 6.17. The van der Waals surface area contributed by atoms with Crippen LogP contribution in [-0.2, 0) is 16.1 Å². The van der Waals surface area contributed by atoms with Crippen molar-refractivity contribution < 1.29 is 18.3 Å². The molecular weight excluding hydrogens is 335 g/mol. The Hall–Kier alpha value is -2.21. The molecule has 1 amide bonds. The van der Waals surface area contributed by atoms with E-state index in [1.54, 1.807) is 12.1 Å². The molecule has 0 bridgehead atoms. The Morgan fingerprint density at radius 1 is 1.31 bits per heavy atom. The molecule has 2 saturated heterocycles. The van der Waals surface area contributed by atoms with Crippen LogP contribution in [0.25, 0.3) is 11.5 Å². The molecule has 0 aliphatic carbocycles. The van der Waals surface area contributed by atoms with Crippen molar-refractivity contribution in [1.29, 1.82) is 0 Å². The molecule has 1 spiro atoms. The van der Waals surface area contributed by atoms with Crippen molar-refractivity contribution in [3.63, 3.8) is 0 Å². The number of ether oxygens (including phenoxy) is 1. The van der Waals surface area contributed by atoms with Gasteiger partial charge >= 0.3 is 0 Å². The van der Waals surface area contributed by atoms with Crippen molar-refractivity contribution >= 4 is 5.91 Å². The molecular formula is C20H23FN2O3. The summed E-state index contributed by atoms with van der Waals surface area (Å²) in [5.74, 6) is 0.847. The minimum atomic E-state index is -0.329. The molecule has 5 nitrogen and oxygen atoms in total. The van der Waals surface area contributed by atoms with Crippen LogP contribution in [0.1, 0.15) is 43.6 Å². The van der Waals surface area contributed by atoms with Crippen LogP contribution in [0, 0.1) is 12.7 Å². The molecule has 1 aromatic carbocycles. The summed E-state index contributed by atoms with van der Waals surface area (Å²) in [6.07, 6.45) is 4.29. The SMILES string of the molecule is Cc1oc(-c2cccc(F)c2)nc1CN1CC[C@]2(CCCO2)CCC1=O. The maximum absolute atomic E-state index is 13.4. The van der Waals surface area contributed by atoms with Crippen molar-refractivity contribution in [3.8, 4) is 11.5 Å². The van der Waals surface area contributed by atoms with Crippen LogP contribution in [0.15, 0.2) is 28.7 Å². The molecule has 138 valence electrons. The second-order valence-electron chi connectivity index (χ2n) is 7.23. The fraction of sp³-hybridized carbons (Fsp3) is 0.500. The fourth-order valence-corrected chi connectivity index (χ4v) is 3.90. The van der Waals surface area contributed by atoms with Gasteiger partial charge in [-0.15, -0.1) is 0 Å². The molecule has 0 radical (unpaired) electrons. The standard InChI is InChI=1S/C20H23FN2O3/c1-14-17(22-19(26-14)15-4-2-5-16(21)12-15)13-23-10-9-20(7-3-11-25-20)8-6-18(23)24/h2,4-5,12H,3,6-11,13H2,1H3/t20-/m0/s1. The normalized spacial score (nSPS) is 23.6. The van der Waals surface area contributed by atoms with Crippen LogP contribution in [-0.4, -0.2) is 34.5 Å². The third-order valence-corrected chi connectivity index (χ3v) is 5.47. The smallest absolute Gasteiger partial charge is 0.226 e. The number of amides is 1. The molecule has 2 fully saturated rings. The predicted molar refractivity (Wildman–Crippen MR) is 93.8 cm³/mol. The maximum Gasteiger partial charge on any atom is 0.226 e. The number of carbonyl (C=O) groups excluding carboxylic acids is 1. The van der Waals surface area contributed by atoms with Crippen molar-refractivity contribution in [3.05, 3.63) is 41.5 Å². The van der Waals surface area contributed by atoms with Crippen LogP contribution in [0.4, 0.5) is 4.39 Å². The third kappa shape index (κ3) is 3.38. The molecule has 0 saturated carbocycles. The lowest BCUT2D eigenvalue weighted by Gasteiger charge is -2.26. The fourth-order valence-electron chi connectivity index (χ4n) is 3.90. The third-order valence-electron chi connectivity index (χ3n) is 5.47. The van der Waals surface area contributed by atoms with E-state index in [9.17, 15) is 9.18 Å². The first kappa shape index (κ1) is 17.2. The second kappa shape index (κ2) is 6.83. The summed E-state index contributed by atoms with van der Waals surface area (Å²) in [4.78, 5) is 18.9. The first-order chi connectivity index (χ1) is 12.5. The average Bonchev–Trinajstić information content (AvgIpc) is 3.20. The average molecular weight is 358 g/mol. The molecule has 0 N–H and O–H groups in total. The number of hydrogen-bond acceptors (Lipinski definition) is 4. The number of nitrogens with zero attached hydrogens (tertiary/aromatic N) is 2. The summed E-state index contributed by atoms with van der Waals surface area (Å²) in [5.41, 5.74) is 1.21. The predicted octanol–water partition coefficient (Wildman–Crippen LogP) is 3.85. The van der Waals surface area contributed by atoms with Crippen LogP contribution < -0.4 is 0 Å². The number of halogens is 1. The van der Waals surface area contributed by atoms with Crippen molar-refractivity contribution in [1.82, 2.24) is 9.88 Å². The van der Waals surface area contributed by atoms with Gasteiger partial charge in [-0.25, -0.2) is 9.37 Å². The monoisotopic (exact) mass is 358 g/mol. The highest BCUT2D eigenvalue weighted by Gasteiger charge is 2.38. The second-order valence-corrected chi connectivity index (χ2v) is 7.23. The van der Waals surface area contributed by atoms with Gasteiger partial charge in [-0.3, -0.25) is 4.79 Å². The zero-order chi connectivity index (χ0) is 18.1. The van der Waals surface area contributed by atoms with Crippen molar-refractivity contribution in [2.45, 2.75) is 51.2 Å². The van der Waals surface area contributed by atoms with Crippen LogP contribution in [0.2, 0.25) is 0 Å². The highest BCUT2D eigenvalue weighted by molar-refractivity contribution is 5.76. The minimum Gasteiger partial charge on any atom is -0.441 e. The van der Waals surface area contributed by atoms with E-state index in [0.29, 0.717) is 36.7 Å². The van der Waals surface area contributed by atoms with Gasteiger partial charge < -0.3 is 14.1 Å². The first-order valence-electron chi connectivity index (χ1n) is 9.19. The Morgan fingerprint density at radius 2 is 2.19 bits per heavy atom. The van der Waals surface area contributed by atoms with Crippen LogP contribution in [0.3, 0.4) is 0 Å². The zero-order valence-electron chi connectivity index (χ0n) is 15.0. The maximum atomic E-state index is 13.4. The van der Waals surface area contributed by atoms with Gasteiger partial charge in [-0.1, -0.05) is 6.07 Å². The zero-order valence-corrected chi connectivity index (χ0v) is 15.0. The largest absolute Gasteiger partial charge is 0.441 e. The summed E-state index contributed by atoms with van der Waals surface area (Å²) < 4.78 is 25.1. The van der Waals surface area contributed by atoms with Gasteiger partial charge in [0.1, 0.15) is 17.3 Å². The van der Waals surface area contributed by atoms with E-state index in [1.807, 2.05) is 11.8 Å². The van der Waals surface area contributed by atoms with Gasteiger partial charge in [0.25, 0.3) is 0 Å². The summed E-state index contributed by atoms with van der Waals surface area (Å²) >= 11 is 0. The van der Waals surface area contributed by atoms with Gasteiger partial charge in [0, 0.05) is 25.1 Å². The lowest BCUT2D eigenvalue weighted by atomic mass is 9.92. The number of hydrogen-bond donors (Lipinski definition) is 0. The van der Waals surface area contributed by atoms with Gasteiger partial charge in [0.05, 0.1) is 12.1 Å². The first-order valence-corrected chi connectivity index (χ1v) is 9.19. The van der Waals surface area contributed by atoms with Crippen LogP contribution in [0.5, 0.6) is 0 Å². The number of aromatic nitrogens is 1. The van der Waals surface area contributed by atoms with Gasteiger partial charge in [-0.05, 0) is 50.8 Å². The van der Waals surface area contributed by atoms with E-state index in [1.165, 1.54) is 12.1 Å². The van der Waals surface area contributed by atoms with Crippen molar-refractivity contribution in [2.75, 3.05) is 13.2 Å². The molecule has 0 unspecified atom stereocenters. The highest BCUT2D eigenvalue weighted by atomic mass is 19.1. The topological polar surface area (TPSA) is 55.6 Å². The van der Waals surface area contributed by atoms with Crippen molar-refractivity contribution in [2.24, 2.45) is 0 Å². The number of oxazole rings is 1. The van der Waals surface area contributed by atoms with E-state index in [0.717, 1.165) is 38.0 Å². The Morgan fingerprint density at radius 3 is 2.96 bits per heavy atom. The van der Waals surface area contributed by atoms with Crippen LogP contribution >= 0.6 is 0 Å². The number of carbonyl (C=O) groups is 1. The summed E-state index contributed by atoms with van der Waals surface area (Å²) in [6.45, 7) is 3.71. The van der Waals surface area contributed by atoms with E-state index >= 15 is 0 Å². The summed E-state index contributed by atoms with van der Waals surface area (Å²) in [5, 5.41) is 0. The molecule has 3 heterocycles. The van der Waals surface area contributed by atoms with E-state index in [4.69, 9.17) is 9.15 Å². The Balaban J connectivity index is 1.51. The lowest BCUT2D eigenvalue weighted by Crippen LogP contribution is -2.32. The molecule has 1 atom stereocenters. The Kier molecular flexibility index (Phi) is 4.53. The van der Waals surface area contributed by atoms with E-state index < -0.39 is 0 Å². The summed E-state index contributed by atoms with van der Waals surface area (Å²) in [7, 11) is 0. The number of likely N-dealkylation sites (tertiary alicyclic amines) is 1.